The van der Waals surface area contributed by atoms with E-state index in [2.05, 4.69) is 12.1 Å². The van der Waals surface area contributed by atoms with Crippen LogP contribution in [-0.2, 0) is 0 Å². The van der Waals surface area contributed by atoms with Gasteiger partial charge in [0.15, 0.2) is 0 Å². The van der Waals surface area contributed by atoms with Crippen molar-refractivity contribution in [2.45, 2.75) is 0 Å². The Morgan fingerprint density at radius 1 is 1.17 bits per heavy atom. The van der Waals surface area contributed by atoms with Gasteiger partial charge in [0.2, 0.25) is 0 Å². The van der Waals surface area contributed by atoms with Gasteiger partial charge < -0.3 is 0 Å². The first-order chi connectivity index (χ1) is 3.00. The van der Waals surface area contributed by atoms with E-state index in [1.165, 1.54) is 0 Å². The quantitative estimate of drug-likeness (QED) is 0.423. The van der Waals surface area contributed by atoms with Crippen LogP contribution in [0.5, 0.6) is 0 Å². The average Bonchev–Trinajstić information content (AvgIpc) is 1.72. The van der Waals surface area contributed by atoms with Crippen molar-refractivity contribution in [2.75, 3.05) is 0 Å². The first kappa shape index (κ1) is 3.60. The Balaban J connectivity index is 3.00. The molecule has 0 amide bonds. The molecule has 0 saturated carbocycles. The van der Waals surface area contributed by atoms with Gasteiger partial charge in [-0.1, -0.05) is 0 Å². The molecule has 2 radical (unpaired) electrons. The zero-order valence-electron chi connectivity index (χ0n) is 3.31. The van der Waals surface area contributed by atoms with Crippen molar-refractivity contribution in [3.63, 3.8) is 0 Å². The van der Waals surface area contributed by atoms with Crippen LogP contribution in [-0.4, -0.2) is 6.91 Å². The van der Waals surface area contributed by atoms with Crippen molar-refractivity contribution in [2.24, 2.45) is 0 Å². The third-order valence-electron chi connectivity index (χ3n) is 0.552. The van der Waals surface area contributed by atoms with Crippen molar-refractivity contribution in [3.8, 4) is 0 Å². The molecule has 0 bridgehead atoms. The van der Waals surface area contributed by atoms with E-state index in [-0.39, 0.29) is 0 Å². The second-order valence-corrected chi connectivity index (χ2v) is 1.00. The van der Waals surface area contributed by atoms with E-state index in [0.717, 1.165) is 0 Å². The molecule has 1 heterocycles. The fraction of sp³-hybridized carbons (Fsp3) is 0. The summed E-state index contributed by atoms with van der Waals surface area (Å²) in [7, 11) is 0. The maximum atomic E-state index is 2.84. The third-order valence-corrected chi connectivity index (χ3v) is 0.552. The molecule has 26 valence electrons. The summed E-state index contributed by atoms with van der Waals surface area (Å²) in [5.41, 5.74) is 0. The Kier molecular flexibility index (Phi) is 1.05. The molecule has 1 aromatic heterocycles. The summed E-state index contributed by atoms with van der Waals surface area (Å²) in [6.45, 7) is 1.89. The van der Waals surface area contributed by atoms with Crippen LogP contribution in [0.25, 0.3) is 0 Å². The van der Waals surface area contributed by atoms with E-state index < -0.39 is 0 Å². The minimum atomic E-state index is 1.75. The first-order valence-electron chi connectivity index (χ1n) is 1.82. The van der Waals surface area contributed by atoms with Gasteiger partial charge in [0.05, 0.1) is 0 Å². The van der Waals surface area contributed by atoms with Gasteiger partial charge in [-0.2, -0.15) is 0 Å². The van der Waals surface area contributed by atoms with Gasteiger partial charge in [0.25, 0.3) is 0 Å². The fourth-order valence-corrected chi connectivity index (χ4v) is 0.304. The van der Waals surface area contributed by atoms with Crippen molar-refractivity contribution in [3.05, 3.63) is 30.1 Å². The molecule has 0 atom stereocenters. The summed E-state index contributed by atoms with van der Waals surface area (Å²) in [5, 5.41) is 0. The van der Waals surface area contributed by atoms with Crippen LogP contribution in [0.1, 0.15) is 0 Å². The Hall–Kier alpha value is -0.585. The summed E-state index contributed by atoms with van der Waals surface area (Å²) in [6.07, 6.45) is 0. The van der Waals surface area contributed by atoms with Gasteiger partial charge in [-0.3, -0.25) is 0 Å². The SMILES string of the molecule is b1c[c]c[c]c1. The van der Waals surface area contributed by atoms with Gasteiger partial charge in [-0.05, 0) is 0 Å². The van der Waals surface area contributed by atoms with E-state index in [1.54, 1.807) is 6.07 Å². The van der Waals surface area contributed by atoms with Crippen LogP contribution < -0.4 is 0 Å². The van der Waals surface area contributed by atoms with Crippen molar-refractivity contribution < 1.29 is 0 Å². The van der Waals surface area contributed by atoms with Gasteiger partial charge in [0.1, 0.15) is 0 Å². The Labute approximate surface area is 38.0 Å². The zero-order chi connectivity index (χ0) is 4.24. The molecule has 0 N–H and O–H groups in total. The molecule has 6 heavy (non-hydrogen) atoms. The summed E-state index contributed by atoms with van der Waals surface area (Å²) >= 11 is 0. The minimum absolute atomic E-state index is 1.75. The predicted octanol–water partition coefficient (Wildman–Crippen LogP) is 0.625. The summed E-state index contributed by atoms with van der Waals surface area (Å²) in [4.78, 5) is 0. The van der Waals surface area contributed by atoms with Gasteiger partial charge in [0, 0.05) is 0 Å². The van der Waals surface area contributed by atoms with Crippen molar-refractivity contribution in [1.82, 2.24) is 0 Å². The molecule has 0 spiro atoms. The zero-order valence-corrected chi connectivity index (χ0v) is 3.31. The van der Waals surface area contributed by atoms with Crippen molar-refractivity contribution in [1.29, 1.82) is 0 Å². The molecule has 1 aromatic rings. The van der Waals surface area contributed by atoms with Crippen LogP contribution in [0, 0.1) is 12.1 Å². The number of hydrogen-bond acceptors (Lipinski definition) is 0. The van der Waals surface area contributed by atoms with Crippen molar-refractivity contribution >= 4 is 6.91 Å². The normalized spacial score (nSPS) is 7.33. The van der Waals surface area contributed by atoms with E-state index in [4.69, 9.17) is 0 Å². The molecule has 0 unspecified atom stereocenters. The van der Waals surface area contributed by atoms with Crippen LogP contribution in [0.2, 0.25) is 0 Å². The van der Waals surface area contributed by atoms with Crippen LogP contribution in [0.3, 0.4) is 0 Å². The van der Waals surface area contributed by atoms with Crippen LogP contribution in [0.15, 0.2) is 18.0 Å². The molecular weight excluding hydrogens is 70.9 g/mol. The fourth-order valence-electron chi connectivity index (χ4n) is 0.304. The summed E-state index contributed by atoms with van der Waals surface area (Å²) < 4.78 is 0. The van der Waals surface area contributed by atoms with Crippen LogP contribution in [0.4, 0.5) is 0 Å². The Morgan fingerprint density at radius 3 is 2.00 bits per heavy atom. The average molecular weight is 73.9 g/mol. The third kappa shape index (κ3) is 0.679. The predicted molar refractivity (Wildman–Crippen MR) is 25.5 cm³/mol. The molecule has 0 aliphatic heterocycles. The topological polar surface area (TPSA) is 0 Å². The molecule has 1 rings (SSSR count). The van der Waals surface area contributed by atoms with Gasteiger partial charge >= 0.3 is 37.0 Å². The number of rotatable bonds is 0. The van der Waals surface area contributed by atoms with Gasteiger partial charge in [-0.15, -0.1) is 0 Å². The molecule has 0 fully saturated rings. The Morgan fingerprint density at radius 2 is 1.83 bits per heavy atom. The van der Waals surface area contributed by atoms with Crippen LogP contribution >= 0.6 is 0 Å². The van der Waals surface area contributed by atoms with E-state index in [0.29, 0.717) is 0 Å². The van der Waals surface area contributed by atoms with E-state index in [9.17, 15) is 0 Å². The van der Waals surface area contributed by atoms with Gasteiger partial charge in [-0.25, -0.2) is 0 Å². The van der Waals surface area contributed by atoms with E-state index >= 15 is 0 Å². The van der Waals surface area contributed by atoms with E-state index in [1.807, 2.05) is 18.8 Å². The Bertz CT molecular complexity index is 75.9. The molecule has 0 nitrogen and oxygen atoms in total. The standard InChI is InChI=1S/C5H3B/c1-2-4-6-5-3-1/h1,4-5H. The molecule has 0 aromatic carbocycles. The monoisotopic (exact) mass is 74.0 g/mol. The molecule has 0 aliphatic carbocycles. The second-order valence-electron chi connectivity index (χ2n) is 1.00. The molecule has 1 heteroatoms. The maximum absolute atomic E-state index is 2.84. The summed E-state index contributed by atoms with van der Waals surface area (Å²) in [5.74, 6) is 3.69. The molecule has 0 aliphatic rings. The number of hydrogen-bond donors (Lipinski definition) is 0. The molecular formula is C5H3B. The summed E-state index contributed by atoms with van der Waals surface area (Å²) in [6, 6.07) is 7.42. The first-order valence-corrected chi connectivity index (χ1v) is 1.82. The second kappa shape index (κ2) is 1.76. The molecule has 0 saturated heterocycles.